The van der Waals surface area contributed by atoms with Gasteiger partial charge in [0.2, 0.25) is 0 Å². The highest BCUT2D eigenvalue weighted by atomic mass is 79.9. The quantitative estimate of drug-likeness (QED) is 0.259. The van der Waals surface area contributed by atoms with Gasteiger partial charge in [-0.2, -0.15) is 10.2 Å². The Morgan fingerprint density at radius 3 is 2.37 bits per heavy atom. The van der Waals surface area contributed by atoms with Crippen LogP contribution >= 0.6 is 27.5 Å². The Morgan fingerprint density at radius 1 is 0.943 bits per heavy atom. The van der Waals surface area contributed by atoms with Gasteiger partial charge in [0.15, 0.2) is 5.82 Å². The molecule has 0 aliphatic rings. The summed E-state index contributed by atoms with van der Waals surface area (Å²) in [6, 6.07) is 23.6. The zero-order valence-corrected chi connectivity index (χ0v) is 20.5. The molecule has 9 heteroatoms. The fraction of sp³-hybridized carbons (Fsp3) is 0.0385. The number of nitrogens with one attached hydrogen (secondary N) is 1. The number of hydrogen-bond donors (Lipinski definition) is 1. The molecule has 0 saturated heterocycles. The molecule has 35 heavy (non-hydrogen) atoms. The number of carbonyl (C=O) groups excluding carboxylic acids is 1. The third-order valence-electron chi connectivity index (χ3n) is 5.36. The van der Waals surface area contributed by atoms with Crippen LogP contribution in [0.3, 0.4) is 0 Å². The van der Waals surface area contributed by atoms with Gasteiger partial charge in [0.05, 0.1) is 22.3 Å². The molecular weight excluding hydrogens is 533 g/mol. The van der Waals surface area contributed by atoms with Crippen molar-refractivity contribution in [1.29, 1.82) is 0 Å². The van der Waals surface area contributed by atoms with E-state index in [4.69, 9.17) is 11.6 Å². The fourth-order valence-corrected chi connectivity index (χ4v) is 4.28. The average molecular weight is 551 g/mol. The minimum absolute atomic E-state index is 0.112. The molecule has 174 valence electrons. The Morgan fingerprint density at radius 2 is 1.66 bits per heavy atom. The van der Waals surface area contributed by atoms with Crippen LogP contribution in [0.15, 0.2) is 95.7 Å². The van der Waals surface area contributed by atoms with Crippen LogP contribution in [-0.2, 0) is 6.54 Å². The van der Waals surface area contributed by atoms with Gasteiger partial charge >= 0.3 is 0 Å². The summed E-state index contributed by atoms with van der Waals surface area (Å²) in [6.07, 6.45) is 3.35. The molecule has 0 atom stereocenters. The standard InChI is InChI=1S/C26H18BrClFN5O/c27-21-16-33(14-19-22(28)12-7-13-23(19)29)32-25(21)30-26(35)20-15-34(18-10-5-2-6-11-18)31-24(20)17-8-3-1-4-9-17/h1-13,15-16H,14H2,(H,30,32,35). The second-order valence-electron chi connectivity index (χ2n) is 7.72. The van der Waals surface area contributed by atoms with E-state index in [1.807, 2.05) is 60.7 Å². The van der Waals surface area contributed by atoms with Gasteiger partial charge < -0.3 is 5.32 Å². The number of halogens is 3. The zero-order valence-electron chi connectivity index (χ0n) is 18.2. The molecule has 5 rings (SSSR count). The van der Waals surface area contributed by atoms with Crippen molar-refractivity contribution < 1.29 is 9.18 Å². The smallest absolute Gasteiger partial charge is 0.260 e. The lowest BCUT2D eigenvalue weighted by atomic mass is 10.1. The van der Waals surface area contributed by atoms with E-state index < -0.39 is 5.82 Å². The van der Waals surface area contributed by atoms with E-state index in [-0.39, 0.29) is 12.5 Å². The molecule has 0 radical (unpaired) electrons. The van der Waals surface area contributed by atoms with Crippen molar-refractivity contribution in [2.45, 2.75) is 6.54 Å². The van der Waals surface area contributed by atoms with Crippen molar-refractivity contribution in [3.63, 3.8) is 0 Å². The molecule has 0 spiro atoms. The van der Waals surface area contributed by atoms with E-state index >= 15 is 0 Å². The maximum Gasteiger partial charge on any atom is 0.260 e. The topological polar surface area (TPSA) is 64.7 Å². The first kappa shape index (κ1) is 23.0. The predicted octanol–water partition coefficient (Wildman–Crippen LogP) is 6.59. The summed E-state index contributed by atoms with van der Waals surface area (Å²) in [6.45, 7) is 0.112. The Bertz CT molecular complexity index is 1480. The van der Waals surface area contributed by atoms with Crippen molar-refractivity contribution in [3.05, 3.63) is 118 Å². The first-order valence-corrected chi connectivity index (χ1v) is 11.8. The number of nitrogens with zero attached hydrogens (tertiary/aromatic N) is 4. The number of amides is 1. The molecule has 0 aliphatic carbocycles. The van der Waals surface area contributed by atoms with Crippen molar-refractivity contribution in [3.8, 4) is 16.9 Å². The lowest BCUT2D eigenvalue weighted by Crippen LogP contribution is -2.14. The molecule has 0 bridgehead atoms. The number of rotatable bonds is 6. The van der Waals surface area contributed by atoms with Crippen molar-refractivity contribution in [2.24, 2.45) is 0 Å². The van der Waals surface area contributed by atoms with Crippen LogP contribution < -0.4 is 5.32 Å². The van der Waals surface area contributed by atoms with Gasteiger partial charge in [0.25, 0.3) is 5.91 Å². The normalized spacial score (nSPS) is 10.9. The van der Waals surface area contributed by atoms with Gasteiger partial charge in [-0.05, 0) is 40.2 Å². The first-order chi connectivity index (χ1) is 17.0. The number of hydrogen-bond acceptors (Lipinski definition) is 3. The number of carbonyl (C=O) groups is 1. The SMILES string of the molecule is O=C(Nc1nn(Cc2c(F)cccc2Cl)cc1Br)c1cn(-c2ccccc2)nc1-c1ccccc1. The molecule has 2 aromatic heterocycles. The predicted molar refractivity (Wildman–Crippen MR) is 137 cm³/mol. The molecule has 1 amide bonds. The minimum Gasteiger partial charge on any atom is -0.304 e. The third kappa shape index (κ3) is 4.89. The van der Waals surface area contributed by atoms with Crippen LogP contribution in [0.25, 0.3) is 16.9 Å². The third-order valence-corrected chi connectivity index (χ3v) is 6.29. The van der Waals surface area contributed by atoms with E-state index in [0.29, 0.717) is 32.1 Å². The summed E-state index contributed by atoms with van der Waals surface area (Å²) in [5.41, 5.74) is 2.89. The lowest BCUT2D eigenvalue weighted by molar-refractivity contribution is 0.102. The minimum atomic E-state index is -0.421. The van der Waals surface area contributed by atoms with Gasteiger partial charge in [0.1, 0.15) is 11.5 Å². The summed E-state index contributed by atoms with van der Waals surface area (Å²) < 4.78 is 17.9. The molecule has 0 aliphatic heterocycles. The van der Waals surface area contributed by atoms with Crippen LogP contribution in [0.2, 0.25) is 5.02 Å². The molecule has 6 nitrogen and oxygen atoms in total. The molecule has 2 heterocycles. The van der Waals surface area contributed by atoms with Crippen molar-refractivity contribution >= 4 is 39.3 Å². The highest BCUT2D eigenvalue weighted by Gasteiger charge is 2.21. The maximum atomic E-state index is 14.2. The largest absolute Gasteiger partial charge is 0.304 e. The lowest BCUT2D eigenvalue weighted by Gasteiger charge is -2.06. The van der Waals surface area contributed by atoms with Crippen LogP contribution in [-0.4, -0.2) is 25.5 Å². The molecule has 1 N–H and O–H groups in total. The van der Waals surface area contributed by atoms with Crippen LogP contribution in [0.5, 0.6) is 0 Å². The van der Waals surface area contributed by atoms with E-state index in [9.17, 15) is 9.18 Å². The number of benzene rings is 3. The molecular formula is C26H18BrClFN5O. The van der Waals surface area contributed by atoms with Crippen molar-refractivity contribution in [2.75, 3.05) is 5.32 Å². The van der Waals surface area contributed by atoms with Gasteiger partial charge in [-0.1, -0.05) is 66.2 Å². The van der Waals surface area contributed by atoms with E-state index in [0.717, 1.165) is 11.3 Å². The summed E-state index contributed by atoms with van der Waals surface area (Å²) in [7, 11) is 0. The Hall–Kier alpha value is -3.75. The Balaban J connectivity index is 1.46. The van der Waals surface area contributed by atoms with E-state index in [2.05, 4.69) is 31.4 Å². The monoisotopic (exact) mass is 549 g/mol. The van der Waals surface area contributed by atoms with E-state index in [1.54, 1.807) is 29.2 Å². The Labute approximate surface area is 214 Å². The molecule has 0 unspecified atom stereocenters. The van der Waals surface area contributed by atoms with Gasteiger partial charge in [-0.3, -0.25) is 9.48 Å². The number of anilines is 1. The van der Waals surface area contributed by atoms with Crippen molar-refractivity contribution in [1.82, 2.24) is 19.6 Å². The summed E-state index contributed by atoms with van der Waals surface area (Å²) in [4.78, 5) is 13.4. The highest BCUT2D eigenvalue weighted by molar-refractivity contribution is 9.10. The van der Waals surface area contributed by atoms with Crippen LogP contribution in [0.4, 0.5) is 10.2 Å². The highest BCUT2D eigenvalue weighted by Crippen LogP contribution is 2.27. The van der Waals surface area contributed by atoms with Crippen LogP contribution in [0.1, 0.15) is 15.9 Å². The van der Waals surface area contributed by atoms with Crippen LogP contribution in [0, 0.1) is 5.82 Å². The summed E-state index contributed by atoms with van der Waals surface area (Å²) in [5.74, 6) is -0.495. The first-order valence-electron chi connectivity index (χ1n) is 10.7. The molecule has 3 aromatic carbocycles. The van der Waals surface area contributed by atoms with Gasteiger partial charge in [-0.25, -0.2) is 9.07 Å². The summed E-state index contributed by atoms with van der Waals surface area (Å²) in [5, 5.41) is 12.2. The molecule has 0 fully saturated rings. The summed E-state index contributed by atoms with van der Waals surface area (Å²) >= 11 is 9.58. The zero-order chi connectivity index (χ0) is 24.4. The van der Waals surface area contributed by atoms with Gasteiger partial charge in [0, 0.05) is 28.5 Å². The number of para-hydroxylation sites is 1. The average Bonchev–Trinajstić information content (AvgIpc) is 3.47. The van der Waals surface area contributed by atoms with E-state index in [1.165, 1.54) is 10.7 Å². The molecule has 0 saturated carbocycles. The number of aromatic nitrogens is 4. The van der Waals surface area contributed by atoms with Gasteiger partial charge in [-0.15, -0.1) is 0 Å². The second kappa shape index (κ2) is 9.85. The fourth-order valence-electron chi connectivity index (χ4n) is 3.65. The maximum absolute atomic E-state index is 14.2. The Kier molecular flexibility index (Phi) is 6.48. The second-order valence-corrected chi connectivity index (χ2v) is 8.98. The molecule has 5 aromatic rings.